The summed E-state index contributed by atoms with van der Waals surface area (Å²) in [6.45, 7) is 6.81. The lowest BCUT2D eigenvalue weighted by Crippen LogP contribution is -2.42. The molecule has 4 heterocycles. The Morgan fingerprint density at radius 3 is 2.52 bits per heavy atom. The van der Waals surface area contributed by atoms with Crippen molar-refractivity contribution in [2.75, 3.05) is 16.8 Å². The first kappa shape index (κ1) is 26.8. The van der Waals surface area contributed by atoms with E-state index in [1.807, 2.05) is 10.6 Å². The van der Waals surface area contributed by atoms with E-state index < -0.39 is 18.0 Å². The predicted octanol–water partition coefficient (Wildman–Crippen LogP) is 5.29. The second-order valence-electron chi connectivity index (χ2n) is 11.6. The molecule has 0 bridgehead atoms. The van der Waals surface area contributed by atoms with Crippen molar-refractivity contribution in [3.8, 4) is 11.6 Å². The molecular formula is C27H35F3N8O2. The highest BCUT2D eigenvalue weighted by molar-refractivity contribution is 5.87. The van der Waals surface area contributed by atoms with Gasteiger partial charge in [0.2, 0.25) is 17.6 Å². The molecule has 2 saturated carbocycles. The standard InChI is InChI=1S/C27H35F3N8O2/c1-3-16-9-11-17(12-10-16)14-38-20-21(31-15(2)18-6-4-7-18)32-23(24-35-26(39)40-36-24)33-22(20)34-25(38)37-13-5-8-19(37)27(28,29)30/h3,15-19H,1,4-14H2,2H3,(H,31,32,33)(H,35,36,39)/t15-,16?,17?,19+/m1/s1. The van der Waals surface area contributed by atoms with Crippen molar-refractivity contribution in [2.45, 2.75) is 89.5 Å². The molecule has 2 atom stereocenters. The Hall–Kier alpha value is -3.38. The number of anilines is 2. The van der Waals surface area contributed by atoms with Gasteiger partial charge in [0.25, 0.3) is 0 Å². The van der Waals surface area contributed by atoms with Crippen LogP contribution in [0.15, 0.2) is 22.0 Å². The van der Waals surface area contributed by atoms with Gasteiger partial charge in [0.1, 0.15) is 11.6 Å². The Labute approximate surface area is 229 Å². The number of hydrogen-bond acceptors (Lipinski definition) is 8. The van der Waals surface area contributed by atoms with Crippen LogP contribution in [0.4, 0.5) is 24.9 Å². The average molecular weight is 561 g/mol. The molecule has 216 valence electrons. The van der Waals surface area contributed by atoms with Gasteiger partial charge >= 0.3 is 11.9 Å². The van der Waals surface area contributed by atoms with Crippen LogP contribution in [0.25, 0.3) is 22.8 Å². The molecular weight excluding hydrogens is 525 g/mol. The van der Waals surface area contributed by atoms with E-state index in [0.717, 1.165) is 38.5 Å². The molecule has 13 heteroatoms. The number of hydrogen-bond donors (Lipinski definition) is 2. The summed E-state index contributed by atoms with van der Waals surface area (Å²) < 4.78 is 48.9. The van der Waals surface area contributed by atoms with Crippen LogP contribution in [-0.2, 0) is 6.54 Å². The molecule has 10 nitrogen and oxygen atoms in total. The van der Waals surface area contributed by atoms with Crippen molar-refractivity contribution < 1.29 is 17.7 Å². The molecule has 3 aliphatic rings. The number of aromatic nitrogens is 6. The highest BCUT2D eigenvalue weighted by Gasteiger charge is 2.47. The highest BCUT2D eigenvalue weighted by atomic mass is 19.4. The van der Waals surface area contributed by atoms with Gasteiger partial charge in [0.05, 0.1) is 0 Å². The SMILES string of the molecule is C=CC1CCC(Cn2c(N3CCC[C@H]3C(F)(F)F)nc3nc(-c4noc(=O)[nH]4)nc(N[C@H](C)C4CCC4)c32)CC1. The Morgan fingerprint density at radius 2 is 1.90 bits per heavy atom. The van der Waals surface area contributed by atoms with Crippen LogP contribution in [-0.4, -0.2) is 54.5 Å². The average Bonchev–Trinajstić information content (AvgIpc) is 3.62. The van der Waals surface area contributed by atoms with E-state index in [4.69, 9.17) is 9.97 Å². The van der Waals surface area contributed by atoms with Crippen LogP contribution in [0.2, 0.25) is 0 Å². The number of nitrogens with one attached hydrogen (secondary N) is 2. The summed E-state index contributed by atoms with van der Waals surface area (Å²) in [5, 5.41) is 7.26. The second-order valence-corrected chi connectivity index (χ2v) is 11.6. The van der Waals surface area contributed by atoms with Gasteiger partial charge in [0, 0.05) is 19.1 Å². The maximum Gasteiger partial charge on any atom is 0.439 e. The van der Waals surface area contributed by atoms with Gasteiger partial charge in [-0.2, -0.15) is 18.2 Å². The summed E-state index contributed by atoms with van der Waals surface area (Å²) in [7, 11) is 0. The molecule has 3 fully saturated rings. The molecule has 6 rings (SSSR count). The summed E-state index contributed by atoms with van der Waals surface area (Å²) >= 11 is 0. The molecule has 2 N–H and O–H groups in total. The largest absolute Gasteiger partial charge is 0.439 e. The van der Waals surface area contributed by atoms with Crippen molar-refractivity contribution in [3.63, 3.8) is 0 Å². The number of H-pyrrole nitrogens is 1. The Bertz CT molecular complexity index is 1420. The number of nitrogens with zero attached hydrogens (tertiary/aromatic N) is 6. The smallest absolute Gasteiger partial charge is 0.365 e. The molecule has 0 unspecified atom stereocenters. The van der Waals surface area contributed by atoms with Crippen molar-refractivity contribution in [1.29, 1.82) is 0 Å². The number of aromatic amines is 1. The third kappa shape index (κ3) is 5.10. The van der Waals surface area contributed by atoms with Gasteiger partial charge < -0.3 is 14.8 Å². The lowest BCUT2D eigenvalue weighted by Gasteiger charge is -2.33. The Morgan fingerprint density at radius 1 is 1.12 bits per heavy atom. The number of rotatable bonds is 8. The maximum absolute atomic E-state index is 14.1. The third-order valence-electron chi connectivity index (χ3n) is 9.01. The van der Waals surface area contributed by atoms with Gasteiger partial charge in [-0.25, -0.2) is 14.8 Å². The van der Waals surface area contributed by atoms with Gasteiger partial charge in [-0.15, -0.1) is 6.58 Å². The van der Waals surface area contributed by atoms with Crippen molar-refractivity contribution in [1.82, 2.24) is 29.7 Å². The van der Waals surface area contributed by atoms with Crippen molar-refractivity contribution in [3.05, 3.63) is 23.2 Å². The monoisotopic (exact) mass is 560 g/mol. The van der Waals surface area contributed by atoms with Crippen molar-refractivity contribution >= 4 is 22.9 Å². The first-order valence-electron chi connectivity index (χ1n) is 14.3. The minimum Gasteiger partial charge on any atom is -0.365 e. The van der Waals surface area contributed by atoms with E-state index in [2.05, 4.69) is 38.5 Å². The van der Waals surface area contributed by atoms with E-state index in [0.29, 0.717) is 36.1 Å². The maximum atomic E-state index is 14.1. The molecule has 0 amide bonds. The summed E-state index contributed by atoms with van der Waals surface area (Å²) in [6, 6.07) is -1.52. The number of imidazole rings is 1. The van der Waals surface area contributed by atoms with Crippen molar-refractivity contribution in [2.24, 2.45) is 17.8 Å². The Balaban J connectivity index is 1.48. The molecule has 3 aromatic heterocycles. The minimum atomic E-state index is -4.38. The molecule has 1 saturated heterocycles. The summed E-state index contributed by atoms with van der Waals surface area (Å²) in [5.74, 6) is 1.35. The van der Waals surface area contributed by atoms with Crippen LogP contribution in [0.5, 0.6) is 0 Å². The highest BCUT2D eigenvalue weighted by Crippen LogP contribution is 2.40. The first-order valence-corrected chi connectivity index (χ1v) is 14.3. The zero-order valence-electron chi connectivity index (χ0n) is 22.6. The molecule has 40 heavy (non-hydrogen) atoms. The van der Waals surface area contributed by atoms with Gasteiger partial charge in [-0.3, -0.25) is 9.51 Å². The molecule has 2 aliphatic carbocycles. The van der Waals surface area contributed by atoms with Gasteiger partial charge in [-0.05, 0) is 76.0 Å². The van der Waals surface area contributed by atoms with E-state index in [1.165, 1.54) is 11.3 Å². The van der Waals surface area contributed by atoms with Crippen LogP contribution in [0, 0.1) is 17.8 Å². The number of fused-ring (bicyclic) bond motifs is 1. The molecule has 3 aromatic rings. The summed E-state index contributed by atoms with van der Waals surface area (Å²) in [4.78, 5) is 29.5. The number of allylic oxidation sites excluding steroid dienone is 1. The van der Waals surface area contributed by atoms with Gasteiger partial charge in [-0.1, -0.05) is 17.7 Å². The van der Waals surface area contributed by atoms with E-state index >= 15 is 0 Å². The lowest BCUT2D eigenvalue weighted by atomic mass is 9.80. The van der Waals surface area contributed by atoms with E-state index in [9.17, 15) is 18.0 Å². The fourth-order valence-corrected chi connectivity index (χ4v) is 6.43. The predicted molar refractivity (Wildman–Crippen MR) is 144 cm³/mol. The van der Waals surface area contributed by atoms with Crippen LogP contribution in [0.1, 0.15) is 64.7 Å². The number of alkyl halides is 3. The molecule has 1 aliphatic heterocycles. The van der Waals surface area contributed by atoms with E-state index in [1.54, 1.807) is 0 Å². The van der Waals surface area contributed by atoms with Gasteiger partial charge in [0.15, 0.2) is 11.5 Å². The lowest BCUT2D eigenvalue weighted by molar-refractivity contribution is -0.146. The Kier molecular flexibility index (Phi) is 7.07. The fourth-order valence-electron chi connectivity index (χ4n) is 6.43. The fraction of sp³-hybridized carbons (Fsp3) is 0.667. The first-order chi connectivity index (χ1) is 19.2. The zero-order valence-corrected chi connectivity index (χ0v) is 22.6. The molecule has 0 aromatic carbocycles. The summed E-state index contributed by atoms with van der Waals surface area (Å²) in [6.07, 6.45) is 5.38. The topological polar surface area (TPSA) is 118 Å². The van der Waals surface area contributed by atoms with E-state index in [-0.39, 0.29) is 48.2 Å². The quantitative estimate of drug-likeness (QED) is 0.357. The van der Waals surface area contributed by atoms with Crippen LogP contribution in [0.3, 0.4) is 0 Å². The normalized spacial score (nSPS) is 24.8. The summed E-state index contributed by atoms with van der Waals surface area (Å²) in [5.41, 5.74) is 0.842. The minimum absolute atomic E-state index is 0.0259. The molecule has 0 radical (unpaired) electrons. The zero-order chi connectivity index (χ0) is 28.0. The third-order valence-corrected chi connectivity index (χ3v) is 9.01. The number of halogens is 3. The second kappa shape index (κ2) is 10.5. The van der Waals surface area contributed by atoms with Crippen LogP contribution >= 0.6 is 0 Å². The van der Waals surface area contributed by atoms with Crippen LogP contribution < -0.4 is 16.0 Å². The molecule has 0 spiro atoms.